The number of hydrogen-bond donors (Lipinski definition) is 2. The van der Waals surface area contributed by atoms with E-state index in [0.29, 0.717) is 6.42 Å². The van der Waals surface area contributed by atoms with Gasteiger partial charge in [-0.1, -0.05) is 0 Å². The van der Waals surface area contributed by atoms with Crippen molar-refractivity contribution in [2.24, 2.45) is 11.7 Å². The number of rotatable bonds is 2. The molecular formula is C8H13F3N2O. The second kappa shape index (κ2) is 4.16. The van der Waals surface area contributed by atoms with E-state index in [-0.39, 0.29) is 18.5 Å². The largest absolute Gasteiger partial charge is 0.471 e. The summed E-state index contributed by atoms with van der Waals surface area (Å²) in [6, 6.07) is 0.0720. The van der Waals surface area contributed by atoms with Gasteiger partial charge in [0.15, 0.2) is 0 Å². The summed E-state index contributed by atoms with van der Waals surface area (Å²) in [7, 11) is 0. The van der Waals surface area contributed by atoms with Crippen LogP contribution in [-0.2, 0) is 4.79 Å². The molecule has 1 saturated carbocycles. The molecule has 0 aromatic carbocycles. The third kappa shape index (κ3) is 3.17. The van der Waals surface area contributed by atoms with E-state index in [1.165, 1.54) is 0 Å². The molecule has 3 N–H and O–H groups in total. The van der Waals surface area contributed by atoms with E-state index >= 15 is 0 Å². The van der Waals surface area contributed by atoms with Crippen LogP contribution in [0.15, 0.2) is 0 Å². The van der Waals surface area contributed by atoms with E-state index in [0.717, 1.165) is 12.8 Å². The third-order valence-corrected chi connectivity index (χ3v) is 2.39. The van der Waals surface area contributed by atoms with Gasteiger partial charge in [0.25, 0.3) is 0 Å². The first-order chi connectivity index (χ1) is 6.39. The van der Waals surface area contributed by atoms with E-state index in [1.54, 1.807) is 0 Å². The predicted octanol–water partition coefficient (Wildman–Crippen LogP) is 0.792. The van der Waals surface area contributed by atoms with Crippen LogP contribution in [0, 0.1) is 5.92 Å². The van der Waals surface area contributed by atoms with Crippen LogP contribution in [0.4, 0.5) is 13.2 Å². The smallest absolute Gasteiger partial charge is 0.348 e. The van der Waals surface area contributed by atoms with Crippen LogP contribution < -0.4 is 11.1 Å². The van der Waals surface area contributed by atoms with Crippen LogP contribution >= 0.6 is 0 Å². The van der Waals surface area contributed by atoms with Gasteiger partial charge in [0.05, 0.1) is 0 Å². The van der Waals surface area contributed by atoms with E-state index < -0.39 is 12.1 Å². The summed E-state index contributed by atoms with van der Waals surface area (Å²) in [5.74, 6) is -1.77. The molecule has 0 radical (unpaired) electrons. The number of carbonyl (C=O) groups excluding carboxylic acids is 1. The van der Waals surface area contributed by atoms with Crippen molar-refractivity contribution in [1.82, 2.24) is 5.32 Å². The Morgan fingerprint density at radius 2 is 2.07 bits per heavy atom. The molecule has 0 saturated heterocycles. The van der Waals surface area contributed by atoms with E-state index in [9.17, 15) is 18.0 Å². The number of nitrogens with two attached hydrogens (primary N) is 1. The van der Waals surface area contributed by atoms with Gasteiger partial charge in [-0.2, -0.15) is 13.2 Å². The van der Waals surface area contributed by atoms with Gasteiger partial charge in [0, 0.05) is 12.6 Å². The van der Waals surface area contributed by atoms with Gasteiger partial charge in [-0.25, -0.2) is 0 Å². The molecule has 0 heterocycles. The molecule has 1 fully saturated rings. The van der Waals surface area contributed by atoms with E-state index in [2.05, 4.69) is 0 Å². The zero-order valence-corrected chi connectivity index (χ0v) is 7.60. The summed E-state index contributed by atoms with van der Waals surface area (Å²) in [5.41, 5.74) is 5.58. The van der Waals surface area contributed by atoms with Gasteiger partial charge in [0.1, 0.15) is 0 Å². The maximum absolute atomic E-state index is 11.8. The molecule has 2 atom stereocenters. The molecule has 1 aliphatic carbocycles. The minimum Gasteiger partial charge on any atom is -0.348 e. The first-order valence-electron chi connectivity index (χ1n) is 4.50. The lowest BCUT2D eigenvalue weighted by Crippen LogP contribution is -2.39. The van der Waals surface area contributed by atoms with E-state index in [1.807, 2.05) is 5.32 Å². The molecule has 0 aromatic heterocycles. The molecule has 0 spiro atoms. The lowest BCUT2D eigenvalue weighted by molar-refractivity contribution is -0.173. The van der Waals surface area contributed by atoms with Crippen LogP contribution in [0.1, 0.15) is 19.3 Å². The standard InChI is InChI=1S/C8H13F3N2O/c9-8(10,11)7(14)13-4-5-1-2-6(12)3-5/h5-6H,1-4,12H2,(H,13,14). The van der Waals surface area contributed by atoms with Gasteiger partial charge in [-0.15, -0.1) is 0 Å². The Hall–Kier alpha value is -0.780. The first-order valence-corrected chi connectivity index (χ1v) is 4.50. The van der Waals surface area contributed by atoms with Crippen molar-refractivity contribution in [3.05, 3.63) is 0 Å². The fourth-order valence-electron chi connectivity index (χ4n) is 1.64. The summed E-state index contributed by atoms with van der Waals surface area (Å²) in [4.78, 5) is 10.4. The maximum Gasteiger partial charge on any atom is 0.471 e. The lowest BCUT2D eigenvalue weighted by atomic mass is 10.1. The normalized spacial score (nSPS) is 27.7. The molecule has 1 aliphatic rings. The molecule has 1 rings (SSSR count). The summed E-state index contributed by atoms with van der Waals surface area (Å²) in [5, 5.41) is 1.87. The highest BCUT2D eigenvalue weighted by Crippen LogP contribution is 2.23. The highest BCUT2D eigenvalue weighted by atomic mass is 19.4. The Morgan fingerprint density at radius 1 is 1.43 bits per heavy atom. The van der Waals surface area contributed by atoms with E-state index in [4.69, 9.17) is 5.73 Å². The summed E-state index contributed by atoms with van der Waals surface area (Å²) in [6.07, 6.45) is -2.47. The Balaban J connectivity index is 2.24. The first kappa shape index (κ1) is 11.3. The highest BCUT2D eigenvalue weighted by molar-refractivity contribution is 5.81. The van der Waals surface area contributed by atoms with Crippen molar-refractivity contribution >= 4 is 5.91 Å². The lowest BCUT2D eigenvalue weighted by Gasteiger charge is -2.12. The van der Waals surface area contributed by atoms with Crippen LogP contribution in [0.3, 0.4) is 0 Å². The van der Waals surface area contributed by atoms with Crippen molar-refractivity contribution in [3.8, 4) is 0 Å². The number of amides is 1. The molecule has 0 bridgehead atoms. The Bertz CT molecular complexity index is 217. The van der Waals surface area contributed by atoms with Gasteiger partial charge in [-0.05, 0) is 25.2 Å². The van der Waals surface area contributed by atoms with Crippen LogP contribution in [0.2, 0.25) is 0 Å². The summed E-state index contributed by atoms with van der Waals surface area (Å²) < 4.78 is 35.3. The number of hydrogen-bond acceptors (Lipinski definition) is 2. The minimum atomic E-state index is -4.78. The molecule has 6 heteroatoms. The Kier molecular flexibility index (Phi) is 3.36. The second-order valence-corrected chi connectivity index (χ2v) is 3.65. The van der Waals surface area contributed by atoms with Gasteiger partial charge >= 0.3 is 12.1 Å². The maximum atomic E-state index is 11.8. The number of nitrogens with one attached hydrogen (secondary N) is 1. The Morgan fingerprint density at radius 3 is 2.50 bits per heavy atom. The number of halogens is 3. The van der Waals surface area contributed by atoms with Crippen LogP contribution in [-0.4, -0.2) is 24.7 Å². The van der Waals surface area contributed by atoms with Gasteiger partial charge in [0.2, 0.25) is 0 Å². The van der Waals surface area contributed by atoms with Crippen LogP contribution in [0.5, 0.6) is 0 Å². The zero-order chi connectivity index (χ0) is 10.8. The van der Waals surface area contributed by atoms with Crippen molar-refractivity contribution in [1.29, 1.82) is 0 Å². The fourth-order valence-corrected chi connectivity index (χ4v) is 1.64. The zero-order valence-electron chi connectivity index (χ0n) is 7.60. The third-order valence-electron chi connectivity index (χ3n) is 2.39. The average Bonchev–Trinajstić information content (AvgIpc) is 2.45. The average molecular weight is 210 g/mol. The molecule has 14 heavy (non-hydrogen) atoms. The summed E-state index contributed by atoms with van der Waals surface area (Å²) >= 11 is 0. The molecule has 3 nitrogen and oxygen atoms in total. The molecule has 0 aromatic rings. The van der Waals surface area contributed by atoms with Gasteiger partial charge < -0.3 is 11.1 Å². The quantitative estimate of drug-likeness (QED) is 0.708. The molecule has 2 unspecified atom stereocenters. The summed E-state index contributed by atoms with van der Waals surface area (Å²) in [6.45, 7) is 0.0754. The monoisotopic (exact) mass is 210 g/mol. The number of carbonyl (C=O) groups is 1. The van der Waals surface area contributed by atoms with Crippen molar-refractivity contribution < 1.29 is 18.0 Å². The second-order valence-electron chi connectivity index (χ2n) is 3.65. The van der Waals surface area contributed by atoms with Crippen LogP contribution in [0.25, 0.3) is 0 Å². The predicted molar refractivity (Wildman–Crippen MR) is 44.4 cm³/mol. The minimum absolute atomic E-state index is 0.0720. The van der Waals surface area contributed by atoms with Crippen molar-refractivity contribution in [2.75, 3.05) is 6.54 Å². The molecule has 82 valence electrons. The highest BCUT2D eigenvalue weighted by Gasteiger charge is 2.38. The van der Waals surface area contributed by atoms with Gasteiger partial charge in [-0.3, -0.25) is 4.79 Å². The van der Waals surface area contributed by atoms with Crippen molar-refractivity contribution in [3.63, 3.8) is 0 Å². The van der Waals surface area contributed by atoms with Crippen molar-refractivity contribution in [2.45, 2.75) is 31.5 Å². The fraction of sp³-hybridized carbons (Fsp3) is 0.875. The molecule has 0 aliphatic heterocycles. The molecule has 1 amide bonds. The Labute approximate surface area is 79.8 Å². The SMILES string of the molecule is NC1CCC(CNC(=O)C(F)(F)F)C1. The molecular weight excluding hydrogens is 197 g/mol. The topological polar surface area (TPSA) is 55.1 Å². The number of alkyl halides is 3.